The Labute approximate surface area is 600 Å². The lowest BCUT2D eigenvalue weighted by Crippen LogP contribution is -2.30. The number of aliphatic hydroxyl groups excluding tert-OH is 1. The first-order chi connectivity index (χ1) is 47.4. The van der Waals surface area contributed by atoms with Crippen LogP contribution in [-0.4, -0.2) is 96.7 Å². The van der Waals surface area contributed by atoms with Crippen LogP contribution in [0.3, 0.4) is 0 Å². The van der Waals surface area contributed by atoms with Crippen molar-refractivity contribution in [3.8, 4) is 0 Å². The molecule has 98 heavy (non-hydrogen) atoms. The predicted octanol–water partition coefficient (Wildman–Crippen LogP) is 23.5. The number of phosphoric ester groups is 2. The average Bonchev–Trinajstić information content (AvgIpc) is 1.04. The number of carbonyl (C=O) groups excluding carboxylic acids is 4. The van der Waals surface area contributed by atoms with Gasteiger partial charge in [-0.05, 0) is 37.5 Å². The Morgan fingerprint density at radius 2 is 0.520 bits per heavy atom. The summed E-state index contributed by atoms with van der Waals surface area (Å²) in [5.74, 6) is -0.591. The summed E-state index contributed by atoms with van der Waals surface area (Å²) in [4.78, 5) is 72.9. The third-order valence-electron chi connectivity index (χ3n) is 18.8. The van der Waals surface area contributed by atoms with Gasteiger partial charge in [0.15, 0.2) is 12.2 Å². The SMILES string of the molecule is CCCCCCCCCCCCCCCCCCCCCCCC(=O)O[C@H](COC(=O)CCCCCCCCCCCCCCCC(C)C)COP(=O)(O)OC[C@@H](O)COP(=O)(O)OC[C@@H](COC(=O)CCCCCCCCC(C)CC)OC(=O)CCCCCCCCCCCCC. The largest absolute Gasteiger partial charge is 0.472 e. The van der Waals surface area contributed by atoms with Crippen molar-refractivity contribution in [3.05, 3.63) is 0 Å². The molecule has 0 saturated heterocycles. The Morgan fingerprint density at radius 3 is 0.776 bits per heavy atom. The molecule has 0 saturated carbocycles. The summed E-state index contributed by atoms with van der Waals surface area (Å²) in [6, 6.07) is 0. The van der Waals surface area contributed by atoms with Gasteiger partial charge in [-0.25, -0.2) is 9.13 Å². The van der Waals surface area contributed by atoms with Crippen LogP contribution in [0.2, 0.25) is 0 Å². The van der Waals surface area contributed by atoms with Crippen molar-refractivity contribution in [1.82, 2.24) is 0 Å². The Balaban J connectivity index is 5.21. The summed E-state index contributed by atoms with van der Waals surface area (Å²) in [5.41, 5.74) is 0. The van der Waals surface area contributed by atoms with E-state index in [0.717, 1.165) is 108 Å². The minimum atomic E-state index is -4.96. The number of ether oxygens (including phenoxy) is 4. The number of unbranched alkanes of at least 4 members (excludes halogenated alkanes) is 47. The van der Waals surface area contributed by atoms with E-state index in [1.807, 2.05) is 0 Å². The van der Waals surface area contributed by atoms with Crippen molar-refractivity contribution >= 4 is 39.5 Å². The summed E-state index contributed by atoms with van der Waals surface area (Å²) in [7, 11) is -9.91. The van der Waals surface area contributed by atoms with E-state index in [0.29, 0.717) is 25.7 Å². The number of hydrogen-bond donors (Lipinski definition) is 3. The van der Waals surface area contributed by atoms with E-state index in [1.165, 1.54) is 225 Å². The highest BCUT2D eigenvalue weighted by molar-refractivity contribution is 7.47. The molecule has 0 aromatic rings. The highest BCUT2D eigenvalue weighted by Crippen LogP contribution is 2.45. The molecule has 3 N–H and O–H groups in total. The van der Waals surface area contributed by atoms with Gasteiger partial charge >= 0.3 is 39.5 Å². The van der Waals surface area contributed by atoms with Crippen LogP contribution in [0.1, 0.15) is 414 Å². The van der Waals surface area contributed by atoms with Gasteiger partial charge in [-0.15, -0.1) is 0 Å². The number of esters is 4. The average molecular weight is 1440 g/mol. The molecule has 19 heteroatoms. The molecular weight excluding hydrogens is 1280 g/mol. The summed E-state index contributed by atoms with van der Waals surface area (Å²) in [6.45, 7) is 9.59. The first-order valence-electron chi connectivity index (χ1n) is 41.0. The van der Waals surface area contributed by atoms with Crippen LogP contribution < -0.4 is 0 Å². The zero-order valence-corrected chi connectivity index (χ0v) is 65.9. The minimum absolute atomic E-state index is 0.106. The van der Waals surface area contributed by atoms with Crippen molar-refractivity contribution in [2.75, 3.05) is 39.6 Å². The molecule has 0 aromatic heterocycles. The maximum atomic E-state index is 13.1. The second kappa shape index (κ2) is 70.7. The maximum absolute atomic E-state index is 13.1. The molecular formula is C79H154O17P2. The van der Waals surface area contributed by atoms with Crippen LogP contribution in [-0.2, 0) is 65.4 Å². The third-order valence-corrected chi connectivity index (χ3v) is 20.7. The van der Waals surface area contributed by atoms with E-state index in [4.69, 9.17) is 37.0 Å². The van der Waals surface area contributed by atoms with Gasteiger partial charge in [0.2, 0.25) is 0 Å². The third kappa shape index (κ3) is 71.1. The van der Waals surface area contributed by atoms with E-state index in [2.05, 4.69) is 41.5 Å². The molecule has 0 heterocycles. The zero-order chi connectivity index (χ0) is 72.1. The fourth-order valence-corrected chi connectivity index (χ4v) is 13.7. The smallest absolute Gasteiger partial charge is 0.462 e. The molecule has 17 nitrogen and oxygen atoms in total. The zero-order valence-electron chi connectivity index (χ0n) is 64.1. The van der Waals surface area contributed by atoms with Crippen molar-refractivity contribution in [2.45, 2.75) is 432 Å². The van der Waals surface area contributed by atoms with E-state index >= 15 is 0 Å². The Bertz CT molecular complexity index is 1890. The summed E-state index contributed by atoms with van der Waals surface area (Å²) >= 11 is 0. The molecule has 6 atom stereocenters. The van der Waals surface area contributed by atoms with Crippen LogP contribution in [0, 0.1) is 11.8 Å². The van der Waals surface area contributed by atoms with Crippen molar-refractivity contribution in [1.29, 1.82) is 0 Å². The minimum Gasteiger partial charge on any atom is -0.462 e. The van der Waals surface area contributed by atoms with Gasteiger partial charge in [0, 0.05) is 25.7 Å². The number of aliphatic hydroxyl groups is 1. The molecule has 3 unspecified atom stereocenters. The topological polar surface area (TPSA) is 237 Å². The van der Waals surface area contributed by atoms with Crippen LogP contribution in [0.5, 0.6) is 0 Å². The van der Waals surface area contributed by atoms with Gasteiger partial charge in [-0.3, -0.25) is 37.3 Å². The summed E-state index contributed by atoms with van der Waals surface area (Å²) in [5, 5.41) is 10.6. The predicted molar refractivity (Wildman–Crippen MR) is 400 cm³/mol. The fourth-order valence-electron chi connectivity index (χ4n) is 12.2. The van der Waals surface area contributed by atoms with E-state index < -0.39 is 97.5 Å². The molecule has 0 rings (SSSR count). The molecule has 0 aromatic carbocycles. The second-order valence-corrected chi connectivity index (χ2v) is 32.1. The molecule has 0 aliphatic heterocycles. The lowest BCUT2D eigenvalue weighted by atomic mass is 10.00. The van der Waals surface area contributed by atoms with Crippen LogP contribution in [0.15, 0.2) is 0 Å². The molecule has 0 aliphatic carbocycles. The molecule has 582 valence electrons. The van der Waals surface area contributed by atoms with Crippen LogP contribution in [0.4, 0.5) is 0 Å². The van der Waals surface area contributed by atoms with E-state index in [1.54, 1.807) is 0 Å². The molecule has 0 fully saturated rings. The van der Waals surface area contributed by atoms with Gasteiger partial charge in [0.05, 0.1) is 26.4 Å². The Morgan fingerprint density at radius 1 is 0.296 bits per heavy atom. The van der Waals surface area contributed by atoms with Gasteiger partial charge in [0.1, 0.15) is 19.3 Å². The first-order valence-corrected chi connectivity index (χ1v) is 44.0. The molecule has 0 aliphatic rings. The summed E-state index contributed by atoms with van der Waals surface area (Å²) < 4.78 is 68.6. The van der Waals surface area contributed by atoms with E-state index in [9.17, 15) is 43.2 Å². The second-order valence-electron chi connectivity index (χ2n) is 29.2. The molecule has 0 spiro atoms. The standard InChI is InChI=1S/C79H154O17P2/c1-7-10-12-14-16-18-20-21-22-23-24-25-26-27-28-31-36-40-44-52-58-64-79(84)95-74(67-89-76(81)61-55-49-42-38-35-32-29-30-34-37-41-47-53-59-71(4)5)69-93-97(85,86)91-65-73(80)66-92-98(87,88)94-70-75(68-90-77(82)62-56-50-46-45-48-54-60-72(6)9-3)96-78(83)63-57-51-43-39-33-19-17-15-13-11-8-2/h71-75,80H,7-70H2,1-6H3,(H,85,86)(H,87,88)/t72?,73-,74-,75-/m1/s1. The van der Waals surface area contributed by atoms with Crippen molar-refractivity contribution in [2.24, 2.45) is 11.8 Å². The fraction of sp³-hybridized carbons (Fsp3) is 0.949. The Kier molecular flexibility index (Phi) is 69.3. The van der Waals surface area contributed by atoms with Gasteiger partial charge in [-0.2, -0.15) is 0 Å². The van der Waals surface area contributed by atoms with Crippen molar-refractivity contribution in [3.63, 3.8) is 0 Å². The number of hydrogen-bond acceptors (Lipinski definition) is 15. The van der Waals surface area contributed by atoms with Gasteiger partial charge < -0.3 is 33.8 Å². The lowest BCUT2D eigenvalue weighted by Gasteiger charge is -2.21. The number of phosphoric acid groups is 2. The van der Waals surface area contributed by atoms with Crippen LogP contribution >= 0.6 is 15.6 Å². The molecule has 0 radical (unpaired) electrons. The number of rotatable bonds is 78. The van der Waals surface area contributed by atoms with Gasteiger partial charge in [-0.1, -0.05) is 363 Å². The lowest BCUT2D eigenvalue weighted by molar-refractivity contribution is -0.161. The normalized spacial score (nSPS) is 14.2. The number of carbonyl (C=O) groups is 4. The summed E-state index contributed by atoms with van der Waals surface area (Å²) in [6.07, 6.45) is 59.8. The van der Waals surface area contributed by atoms with Gasteiger partial charge in [0.25, 0.3) is 0 Å². The van der Waals surface area contributed by atoms with Crippen molar-refractivity contribution < 1.29 is 80.2 Å². The maximum Gasteiger partial charge on any atom is 0.472 e. The van der Waals surface area contributed by atoms with E-state index in [-0.39, 0.29) is 25.7 Å². The first kappa shape index (κ1) is 96.1. The monoisotopic (exact) mass is 1440 g/mol. The van der Waals surface area contributed by atoms with Crippen LogP contribution in [0.25, 0.3) is 0 Å². The highest BCUT2D eigenvalue weighted by atomic mass is 31.2. The Hall–Kier alpha value is -1.94. The highest BCUT2D eigenvalue weighted by Gasteiger charge is 2.30. The quantitative estimate of drug-likeness (QED) is 0.0222. The molecule has 0 amide bonds. The molecule has 0 bridgehead atoms.